The fourth-order valence-corrected chi connectivity index (χ4v) is 4.32. The van der Waals surface area contributed by atoms with Gasteiger partial charge in [-0.05, 0) is 31.0 Å². The molecule has 1 N–H and O–H groups in total. The summed E-state index contributed by atoms with van der Waals surface area (Å²) in [6.45, 7) is 0. The van der Waals surface area contributed by atoms with E-state index >= 15 is 0 Å². The number of thioether (sulfide) groups is 1. The number of nitrogens with one attached hydrogen (secondary N) is 1. The normalized spacial score (nSPS) is 21.3. The van der Waals surface area contributed by atoms with Gasteiger partial charge in [-0.1, -0.05) is 40.0 Å². The second kappa shape index (κ2) is 8.13. The summed E-state index contributed by atoms with van der Waals surface area (Å²) in [4.78, 5) is 47.7. The Morgan fingerprint density at radius 1 is 1.27 bits per heavy atom. The molecule has 1 aliphatic carbocycles. The predicted octanol–water partition coefficient (Wildman–Crippen LogP) is 3.13. The topological polar surface area (TPSA) is 94.2 Å². The van der Waals surface area contributed by atoms with Crippen LogP contribution in [0.2, 0.25) is 10.0 Å². The molecule has 1 saturated carbocycles. The molecule has 2 aliphatic heterocycles. The van der Waals surface area contributed by atoms with Crippen LogP contribution in [0.4, 0.5) is 10.5 Å². The SMILES string of the molecule is CN1C(=O)C2C(SCC(=O)Nc3ccc(Cl)c(Cl)c3)=NC(C3CC3)=NC2=[N+](C)C1=O. The first-order chi connectivity index (χ1) is 14.3. The number of fused-ring (bicyclic) bond motifs is 1. The molecule has 8 nitrogen and oxygen atoms in total. The molecule has 1 fully saturated rings. The number of amidine groups is 2. The lowest BCUT2D eigenvalue weighted by molar-refractivity contribution is -0.407. The summed E-state index contributed by atoms with van der Waals surface area (Å²) in [7, 11) is 3.02. The van der Waals surface area contributed by atoms with E-state index in [-0.39, 0.29) is 17.6 Å². The first-order valence-corrected chi connectivity index (χ1v) is 11.0. The van der Waals surface area contributed by atoms with Crippen LogP contribution >= 0.6 is 35.0 Å². The van der Waals surface area contributed by atoms with Crippen LogP contribution in [0, 0.1) is 11.8 Å². The Balaban J connectivity index is 1.54. The molecule has 1 aromatic rings. The molecule has 0 aromatic heterocycles. The average Bonchev–Trinajstić information content (AvgIpc) is 3.56. The first-order valence-electron chi connectivity index (χ1n) is 9.23. The number of hydrogen-bond donors (Lipinski definition) is 1. The summed E-state index contributed by atoms with van der Waals surface area (Å²) in [6, 6.07) is 4.38. The number of nitrogens with zero attached hydrogens (tertiary/aromatic N) is 4. The Bertz CT molecular complexity index is 1060. The summed E-state index contributed by atoms with van der Waals surface area (Å²) in [5, 5.41) is 3.96. The number of urea groups is 1. The van der Waals surface area contributed by atoms with Crippen LogP contribution in [-0.2, 0) is 9.59 Å². The number of halogens is 2. The van der Waals surface area contributed by atoms with E-state index in [0.717, 1.165) is 17.7 Å². The Morgan fingerprint density at radius 3 is 2.67 bits per heavy atom. The molecule has 2 heterocycles. The maximum absolute atomic E-state index is 12.8. The maximum atomic E-state index is 12.8. The number of aliphatic imine (C=N–C) groups is 2. The number of carbonyl (C=O) groups excluding carboxylic acids is 3. The van der Waals surface area contributed by atoms with Crippen molar-refractivity contribution in [3.05, 3.63) is 28.2 Å². The summed E-state index contributed by atoms with van der Waals surface area (Å²) in [6.07, 6.45) is 1.95. The van der Waals surface area contributed by atoms with Crippen LogP contribution < -0.4 is 5.32 Å². The van der Waals surface area contributed by atoms with Gasteiger partial charge in [0, 0.05) is 11.6 Å². The molecule has 0 saturated heterocycles. The average molecular weight is 467 g/mol. The van der Waals surface area contributed by atoms with E-state index in [1.54, 1.807) is 25.2 Å². The smallest absolute Gasteiger partial charge is 0.325 e. The van der Waals surface area contributed by atoms with Gasteiger partial charge in [-0.3, -0.25) is 9.59 Å². The molecule has 1 atom stereocenters. The molecule has 3 aliphatic rings. The minimum Gasteiger partial charge on any atom is -0.325 e. The van der Waals surface area contributed by atoms with E-state index < -0.39 is 17.9 Å². The summed E-state index contributed by atoms with van der Waals surface area (Å²) < 4.78 is 1.37. The molecular formula is C19H18Cl2N5O3S+. The quantitative estimate of drug-likeness (QED) is 0.689. The monoisotopic (exact) mass is 466 g/mol. The molecule has 1 unspecified atom stereocenters. The fraction of sp³-hybridized carbons (Fsp3) is 0.368. The van der Waals surface area contributed by atoms with Crippen molar-refractivity contribution in [1.29, 1.82) is 0 Å². The van der Waals surface area contributed by atoms with Gasteiger partial charge in [0.25, 0.3) is 5.84 Å². The third kappa shape index (κ3) is 4.01. The molecule has 0 radical (unpaired) electrons. The zero-order valence-electron chi connectivity index (χ0n) is 16.2. The van der Waals surface area contributed by atoms with Crippen molar-refractivity contribution < 1.29 is 19.0 Å². The highest BCUT2D eigenvalue weighted by Crippen LogP contribution is 2.35. The molecule has 4 amide bonds. The van der Waals surface area contributed by atoms with Gasteiger partial charge in [0.15, 0.2) is 5.92 Å². The molecular weight excluding hydrogens is 449 g/mol. The third-order valence-corrected chi connectivity index (χ3v) is 6.72. The van der Waals surface area contributed by atoms with Crippen molar-refractivity contribution in [2.75, 3.05) is 25.2 Å². The van der Waals surface area contributed by atoms with Crippen molar-refractivity contribution in [3.8, 4) is 0 Å². The largest absolute Gasteiger partial charge is 0.445 e. The highest BCUT2D eigenvalue weighted by Gasteiger charge is 2.50. The molecule has 0 bridgehead atoms. The lowest BCUT2D eigenvalue weighted by Crippen LogP contribution is -2.54. The van der Waals surface area contributed by atoms with E-state index in [2.05, 4.69) is 15.3 Å². The number of amides is 4. The van der Waals surface area contributed by atoms with Crippen LogP contribution in [0.1, 0.15) is 12.8 Å². The lowest BCUT2D eigenvalue weighted by atomic mass is 10.0. The minimum atomic E-state index is -0.789. The van der Waals surface area contributed by atoms with E-state index in [4.69, 9.17) is 23.2 Å². The van der Waals surface area contributed by atoms with Gasteiger partial charge >= 0.3 is 11.9 Å². The number of benzene rings is 1. The highest BCUT2D eigenvalue weighted by molar-refractivity contribution is 8.14. The molecule has 156 valence electrons. The fourth-order valence-electron chi connectivity index (χ4n) is 3.14. The Hall–Kier alpha value is -2.23. The molecule has 4 rings (SSSR count). The number of imide groups is 1. The summed E-state index contributed by atoms with van der Waals surface area (Å²) >= 11 is 13.0. The van der Waals surface area contributed by atoms with E-state index in [9.17, 15) is 14.4 Å². The van der Waals surface area contributed by atoms with Crippen LogP contribution in [0.15, 0.2) is 28.2 Å². The minimum absolute atomic E-state index is 0.0372. The number of carbonyl (C=O) groups is 3. The molecule has 0 spiro atoms. The van der Waals surface area contributed by atoms with Crippen molar-refractivity contribution in [1.82, 2.24) is 4.90 Å². The molecule has 30 heavy (non-hydrogen) atoms. The highest BCUT2D eigenvalue weighted by atomic mass is 35.5. The lowest BCUT2D eigenvalue weighted by Gasteiger charge is -2.26. The van der Waals surface area contributed by atoms with E-state index in [1.165, 1.54) is 23.4 Å². The summed E-state index contributed by atoms with van der Waals surface area (Å²) in [5.74, 6) is -0.213. The second-order valence-corrected chi connectivity index (χ2v) is 9.00. The second-order valence-electron chi connectivity index (χ2n) is 7.19. The van der Waals surface area contributed by atoms with Crippen LogP contribution in [0.3, 0.4) is 0 Å². The first kappa shape index (κ1) is 21.0. The van der Waals surface area contributed by atoms with Gasteiger partial charge < -0.3 is 5.32 Å². The van der Waals surface area contributed by atoms with Crippen molar-refractivity contribution in [2.45, 2.75) is 12.8 Å². The number of hydrogen-bond acceptors (Lipinski definition) is 6. The van der Waals surface area contributed by atoms with Gasteiger partial charge in [0.2, 0.25) is 11.7 Å². The van der Waals surface area contributed by atoms with Crippen LogP contribution in [-0.4, -0.2) is 63.9 Å². The number of anilines is 1. The van der Waals surface area contributed by atoms with Gasteiger partial charge in [0.05, 0.1) is 29.9 Å². The van der Waals surface area contributed by atoms with Crippen molar-refractivity contribution in [2.24, 2.45) is 21.8 Å². The Morgan fingerprint density at radius 2 is 2.00 bits per heavy atom. The van der Waals surface area contributed by atoms with Crippen LogP contribution in [0.5, 0.6) is 0 Å². The van der Waals surface area contributed by atoms with Gasteiger partial charge in [-0.15, -0.1) is 0 Å². The Labute approximate surface area is 187 Å². The number of rotatable bonds is 4. The maximum Gasteiger partial charge on any atom is 0.445 e. The van der Waals surface area contributed by atoms with E-state index in [1.807, 2.05) is 0 Å². The zero-order valence-corrected chi connectivity index (χ0v) is 18.5. The molecule has 11 heteroatoms. The Kier molecular flexibility index (Phi) is 5.69. The third-order valence-electron chi connectivity index (χ3n) is 4.95. The standard InChI is InChI=1S/C19H17Cl2N5O3S/c1-25-16-14(18(28)26(2)19(25)29)17(24-15(23-16)9-3-4-9)30-8-13(27)22-10-5-6-11(20)12(21)7-10/h5-7,9,14H,3-4,8H2,1-2H3/p+1. The van der Waals surface area contributed by atoms with Crippen molar-refractivity contribution in [3.63, 3.8) is 0 Å². The zero-order chi connectivity index (χ0) is 21.6. The van der Waals surface area contributed by atoms with Gasteiger partial charge in [-0.25, -0.2) is 9.79 Å². The predicted molar refractivity (Wildman–Crippen MR) is 118 cm³/mol. The summed E-state index contributed by atoms with van der Waals surface area (Å²) in [5.41, 5.74) is 0.520. The molecule has 1 aromatic carbocycles. The van der Waals surface area contributed by atoms with E-state index in [0.29, 0.717) is 32.4 Å². The van der Waals surface area contributed by atoms with Crippen LogP contribution in [0.25, 0.3) is 0 Å². The van der Waals surface area contributed by atoms with Crippen molar-refractivity contribution >= 4 is 75.2 Å². The van der Waals surface area contributed by atoms with Gasteiger partial charge in [-0.2, -0.15) is 9.48 Å². The van der Waals surface area contributed by atoms with Gasteiger partial charge in [0.1, 0.15) is 5.04 Å².